The molecule has 0 aliphatic heterocycles. The predicted octanol–water partition coefficient (Wildman–Crippen LogP) is 3.78. The predicted molar refractivity (Wildman–Crippen MR) is 81.2 cm³/mol. The van der Waals surface area contributed by atoms with Gasteiger partial charge in [0.05, 0.1) is 12.8 Å². The molecule has 0 bridgehead atoms. The molecule has 0 saturated heterocycles. The summed E-state index contributed by atoms with van der Waals surface area (Å²) in [6.07, 6.45) is 1.63. The number of hydrogen-bond acceptors (Lipinski definition) is 4. The molecule has 1 aromatic heterocycles. The molecule has 0 aliphatic rings. The van der Waals surface area contributed by atoms with Crippen molar-refractivity contribution in [1.29, 1.82) is 0 Å². The number of carboxylic acid groups (broad SMARTS) is 1. The van der Waals surface area contributed by atoms with E-state index in [1.807, 2.05) is 6.07 Å². The number of pyridine rings is 1. The van der Waals surface area contributed by atoms with Crippen molar-refractivity contribution < 1.29 is 19.4 Å². The third kappa shape index (κ3) is 3.86. The topological polar surface area (TPSA) is 68.7 Å². The van der Waals surface area contributed by atoms with Crippen molar-refractivity contribution in [3.05, 3.63) is 51.2 Å². The number of benzene rings is 1. The van der Waals surface area contributed by atoms with E-state index in [-0.39, 0.29) is 28.7 Å². The zero-order valence-electron chi connectivity index (χ0n) is 11.0. The van der Waals surface area contributed by atoms with Gasteiger partial charge in [-0.25, -0.2) is 4.79 Å². The van der Waals surface area contributed by atoms with Crippen LogP contribution in [0.5, 0.6) is 11.5 Å². The highest BCUT2D eigenvalue weighted by Gasteiger charge is 2.18. The summed E-state index contributed by atoms with van der Waals surface area (Å²) in [4.78, 5) is 15.4. The second-order valence-corrected chi connectivity index (χ2v) is 5.40. The van der Waals surface area contributed by atoms with Crippen LogP contribution in [0.4, 0.5) is 0 Å². The monoisotopic (exact) mass is 371 g/mol. The van der Waals surface area contributed by atoms with E-state index >= 15 is 0 Å². The van der Waals surface area contributed by atoms with Crippen LogP contribution < -0.4 is 9.47 Å². The molecule has 110 valence electrons. The SMILES string of the molecule is COc1cc(Cl)cc(C(=O)O)c1OCc1ccc(Br)cn1. The van der Waals surface area contributed by atoms with Crippen LogP contribution in [0.1, 0.15) is 16.1 Å². The molecule has 0 aliphatic carbocycles. The first-order valence-electron chi connectivity index (χ1n) is 5.85. The molecular formula is C14H11BrClNO4. The number of rotatable bonds is 5. The minimum Gasteiger partial charge on any atom is -0.493 e. The molecule has 21 heavy (non-hydrogen) atoms. The van der Waals surface area contributed by atoms with Gasteiger partial charge in [-0.1, -0.05) is 11.6 Å². The maximum atomic E-state index is 11.3. The number of aromatic nitrogens is 1. The lowest BCUT2D eigenvalue weighted by atomic mass is 10.2. The second kappa shape index (κ2) is 6.78. The quantitative estimate of drug-likeness (QED) is 0.865. The first-order valence-corrected chi connectivity index (χ1v) is 7.02. The summed E-state index contributed by atoms with van der Waals surface area (Å²) < 4.78 is 11.5. The maximum absolute atomic E-state index is 11.3. The van der Waals surface area contributed by atoms with Gasteiger partial charge in [0.25, 0.3) is 0 Å². The van der Waals surface area contributed by atoms with E-state index in [1.54, 1.807) is 12.3 Å². The van der Waals surface area contributed by atoms with Gasteiger partial charge in [0, 0.05) is 21.8 Å². The average molecular weight is 373 g/mol. The normalized spacial score (nSPS) is 10.2. The van der Waals surface area contributed by atoms with Crippen molar-refractivity contribution in [2.24, 2.45) is 0 Å². The van der Waals surface area contributed by atoms with Crippen molar-refractivity contribution in [3.8, 4) is 11.5 Å². The van der Waals surface area contributed by atoms with Crippen LogP contribution >= 0.6 is 27.5 Å². The minimum atomic E-state index is -1.14. The van der Waals surface area contributed by atoms with Crippen molar-refractivity contribution in [3.63, 3.8) is 0 Å². The van der Waals surface area contributed by atoms with Gasteiger partial charge in [0.15, 0.2) is 11.5 Å². The molecule has 0 unspecified atom stereocenters. The van der Waals surface area contributed by atoms with Crippen molar-refractivity contribution in [2.45, 2.75) is 6.61 Å². The fourth-order valence-electron chi connectivity index (χ4n) is 1.67. The van der Waals surface area contributed by atoms with Gasteiger partial charge in [0.2, 0.25) is 0 Å². The summed E-state index contributed by atoms with van der Waals surface area (Å²) in [6.45, 7) is 0.117. The Bertz CT molecular complexity index is 661. The Balaban J connectivity index is 2.29. The highest BCUT2D eigenvalue weighted by Crippen LogP contribution is 2.35. The van der Waals surface area contributed by atoms with Crippen LogP contribution in [0, 0.1) is 0 Å². The zero-order chi connectivity index (χ0) is 15.4. The lowest BCUT2D eigenvalue weighted by molar-refractivity contribution is 0.0690. The number of ether oxygens (including phenoxy) is 2. The standard InChI is InChI=1S/C14H11BrClNO4/c1-20-12-5-9(16)4-11(14(18)19)13(12)21-7-10-3-2-8(15)6-17-10/h2-6H,7H2,1H3,(H,18,19). The molecule has 0 saturated carbocycles. The van der Waals surface area contributed by atoms with E-state index in [0.717, 1.165) is 4.47 Å². The Morgan fingerprint density at radius 1 is 1.43 bits per heavy atom. The van der Waals surface area contributed by atoms with Gasteiger partial charge in [-0.05, 0) is 34.1 Å². The number of carbonyl (C=O) groups is 1. The number of nitrogens with zero attached hydrogens (tertiary/aromatic N) is 1. The van der Waals surface area contributed by atoms with E-state index in [2.05, 4.69) is 20.9 Å². The average Bonchev–Trinajstić information content (AvgIpc) is 2.46. The molecule has 1 N–H and O–H groups in total. The Morgan fingerprint density at radius 3 is 2.76 bits per heavy atom. The first kappa shape index (κ1) is 15.6. The molecule has 0 atom stereocenters. The van der Waals surface area contributed by atoms with Crippen molar-refractivity contribution >= 4 is 33.5 Å². The lowest BCUT2D eigenvalue weighted by Gasteiger charge is -2.13. The van der Waals surface area contributed by atoms with E-state index in [9.17, 15) is 9.90 Å². The molecule has 0 amide bonds. The summed E-state index contributed by atoms with van der Waals surface area (Å²) in [7, 11) is 1.42. The largest absolute Gasteiger partial charge is 0.493 e. The summed E-state index contributed by atoms with van der Waals surface area (Å²) in [5, 5.41) is 9.49. The minimum absolute atomic E-state index is 0.0588. The van der Waals surface area contributed by atoms with Gasteiger partial charge in [0.1, 0.15) is 12.2 Å². The van der Waals surface area contributed by atoms with E-state index in [4.69, 9.17) is 21.1 Å². The zero-order valence-corrected chi connectivity index (χ0v) is 13.3. The lowest BCUT2D eigenvalue weighted by Crippen LogP contribution is -2.06. The number of halogens is 2. The summed E-state index contributed by atoms with van der Waals surface area (Å²) >= 11 is 9.15. The molecule has 2 rings (SSSR count). The van der Waals surface area contributed by atoms with Gasteiger partial charge in [-0.3, -0.25) is 4.98 Å². The molecular weight excluding hydrogens is 362 g/mol. The van der Waals surface area contributed by atoms with Crippen LogP contribution in [0.3, 0.4) is 0 Å². The Labute approximate surface area is 134 Å². The maximum Gasteiger partial charge on any atom is 0.339 e. The van der Waals surface area contributed by atoms with Crippen LogP contribution in [0.25, 0.3) is 0 Å². The summed E-state index contributed by atoms with van der Waals surface area (Å²) in [5.41, 5.74) is 0.600. The molecule has 0 radical (unpaired) electrons. The molecule has 0 spiro atoms. The van der Waals surface area contributed by atoms with Gasteiger partial charge < -0.3 is 14.6 Å². The summed E-state index contributed by atoms with van der Waals surface area (Å²) in [6, 6.07) is 6.41. The van der Waals surface area contributed by atoms with E-state index < -0.39 is 5.97 Å². The molecule has 0 fully saturated rings. The summed E-state index contributed by atoms with van der Waals surface area (Å²) in [5.74, 6) is -0.759. The number of aromatic carboxylic acids is 1. The van der Waals surface area contributed by atoms with Gasteiger partial charge >= 0.3 is 5.97 Å². The van der Waals surface area contributed by atoms with Crippen LogP contribution in [-0.2, 0) is 6.61 Å². The molecule has 7 heteroatoms. The highest BCUT2D eigenvalue weighted by atomic mass is 79.9. The number of methoxy groups -OCH3 is 1. The Hall–Kier alpha value is -1.79. The van der Waals surface area contributed by atoms with E-state index in [0.29, 0.717) is 5.69 Å². The smallest absolute Gasteiger partial charge is 0.339 e. The number of carboxylic acids is 1. The van der Waals surface area contributed by atoms with Crippen molar-refractivity contribution in [1.82, 2.24) is 4.98 Å². The number of hydrogen-bond donors (Lipinski definition) is 1. The van der Waals surface area contributed by atoms with Gasteiger partial charge in [-0.15, -0.1) is 0 Å². The third-order valence-electron chi connectivity index (χ3n) is 2.62. The fourth-order valence-corrected chi connectivity index (χ4v) is 2.11. The van der Waals surface area contributed by atoms with Crippen LogP contribution in [0.2, 0.25) is 5.02 Å². The molecule has 1 aromatic carbocycles. The second-order valence-electron chi connectivity index (χ2n) is 4.05. The molecule has 2 aromatic rings. The van der Waals surface area contributed by atoms with Gasteiger partial charge in [-0.2, -0.15) is 0 Å². The Morgan fingerprint density at radius 2 is 2.19 bits per heavy atom. The van der Waals surface area contributed by atoms with Crippen LogP contribution in [0.15, 0.2) is 34.9 Å². The third-order valence-corrected chi connectivity index (χ3v) is 3.31. The fraction of sp³-hybridized carbons (Fsp3) is 0.143. The molecule has 1 heterocycles. The molecule has 5 nitrogen and oxygen atoms in total. The highest BCUT2D eigenvalue weighted by molar-refractivity contribution is 9.10. The first-order chi connectivity index (χ1) is 10.0. The van der Waals surface area contributed by atoms with Crippen molar-refractivity contribution in [2.75, 3.05) is 7.11 Å². The van der Waals surface area contributed by atoms with E-state index in [1.165, 1.54) is 19.2 Å². The Kier molecular flexibility index (Phi) is 5.03. The van der Waals surface area contributed by atoms with Crippen LogP contribution in [-0.4, -0.2) is 23.2 Å².